The highest BCUT2D eigenvalue weighted by Gasteiger charge is 2.51. The highest BCUT2D eigenvalue weighted by molar-refractivity contribution is 7.80. The van der Waals surface area contributed by atoms with Crippen molar-refractivity contribution in [2.45, 2.75) is 11.0 Å². The fourth-order valence-corrected chi connectivity index (χ4v) is 3.87. The van der Waals surface area contributed by atoms with E-state index in [4.69, 9.17) is 9.47 Å². The van der Waals surface area contributed by atoms with Gasteiger partial charge in [0.1, 0.15) is 22.7 Å². The van der Waals surface area contributed by atoms with Crippen LogP contribution in [0.15, 0.2) is 78.9 Å². The quantitative estimate of drug-likeness (QED) is 0.629. The number of hydrogen-bond donors (Lipinski definition) is 2. The van der Waals surface area contributed by atoms with Gasteiger partial charge < -0.3 is 14.4 Å². The van der Waals surface area contributed by atoms with Gasteiger partial charge in [0.2, 0.25) is 0 Å². The zero-order chi connectivity index (χ0) is 20.4. The Morgan fingerprint density at radius 3 is 2.21 bits per heavy atom. The molecule has 1 saturated heterocycles. The van der Waals surface area contributed by atoms with Crippen LogP contribution in [-0.2, 0) is 10.3 Å². The van der Waals surface area contributed by atoms with Crippen LogP contribution in [0.1, 0.15) is 11.1 Å². The van der Waals surface area contributed by atoms with Crippen molar-refractivity contribution < 1.29 is 14.3 Å². The van der Waals surface area contributed by atoms with E-state index >= 15 is 0 Å². The van der Waals surface area contributed by atoms with Crippen molar-refractivity contribution in [3.8, 4) is 17.2 Å². The van der Waals surface area contributed by atoms with Crippen LogP contribution in [0, 0.1) is 0 Å². The fourth-order valence-electron chi connectivity index (χ4n) is 3.57. The van der Waals surface area contributed by atoms with Crippen LogP contribution in [-0.4, -0.2) is 30.5 Å². The third-order valence-electron chi connectivity index (χ3n) is 5.12. The Labute approximate surface area is 175 Å². The van der Waals surface area contributed by atoms with E-state index in [1.54, 1.807) is 19.1 Å². The van der Waals surface area contributed by atoms with E-state index in [0.29, 0.717) is 5.75 Å². The van der Waals surface area contributed by atoms with Crippen molar-refractivity contribution in [1.29, 1.82) is 0 Å². The zero-order valence-corrected chi connectivity index (χ0v) is 17.1. The molecule has 2 unspecified atom stereocenters. The lowest BCUT2D eigenvalue weighted by Crippen LogP contribution is -2.45. The minimum atomic E-state index is -1.07. The molecule has 1 heterocycles. The van der Waals surface area contributed by atoms with E-state index in [1.807, 2.05) is 78.9 Å². The monoisotopic (exact) mass is 406 g/mol. The van der Waals surface area contributed by atoms with Crippen LogP contribution in [0.2, 0.25) is 0 Å². The van der Waals surface area contributed by atoms with Gasteiger partial charge in [0, 0.05) is 7.05 Å². The zero-order valence-electron chi connectivity index (χ0n) is 16.2. The molecule has 1 fully saturated rings. The number of nitrogens with zero attached hydrogens (tertiary/aromatic N) is 1. The maximum absolute atomic E-state index is 13.4. The Hall–Kier alpha value is -2.96. The van der Waals surface area contributed by atoms with Gasteiger partial charge in [-0.1, -0.05) is 42.5 Å². The molecule has 3 aromatic rings. The summed E-state index contributed by atoms with van der Waals surface area (Å²) < 4.78 is 11.3. The van der Waals surface area contributed by atoms with Crippen molar-refractivity contribution in [3.63, 3.8) is 0 Å². The van der Waals surface area contributed by atoms with Gasteiger partial charge in [0.15, 0.2) is 5.54 Å². The molecule has 5 nitrogen and oxygen atoms in total. The maximum Gasteiger partial charge on any atom is 0.253 e. The molecule has 1 aliphatic heterocycles. The Morgan fingerprint density at radius 1 is 0.897 bits per heavy atom. The van der Waals surface area contributed by atoms with Gasteiger partial charge in [0.05, 0.1) is 7.11 Å². The molecule has 0 aromatic heterocycles. The summed E-state index contributed by atoms with van der Waals surface area (Å²) in [6.07, 6.45) is 0. The number of likely N-dealkylation sites (N-methyl/N-ethyl adjacent to an activating group) is 1. The van der Waals surface area contributed by atoms with Crippen molar-refractivity contribution in [1.82, 2.24) is 10.2 Å². The van der Waals surface area contributed by atoms with Crippen molar-refractivity contribution in [2.24, 2.45) is 0 Å². The minimum Gasteiger partial charge on any atom is -0.497 e. The van der Waals surface area contributed by atoms with Crippen LogP contribution in [0.5, 0.6) is 17.2 Å². The van der Waals surface area contributed by atoms with Crippen LogP contribution >= 0.6 is 12.6 Å². The molecule has 0 bridgehead atoms. The minimum absolute atomic E-state index is 0.0838. The second-order valence-electron chi connectivity index (χ2n) is 6.86. The number of carbonyl (C=O) groups is 1. The second kappa shape index (κ2) is 7.81. The highest BCUT2D eigenvalue weighted by Crippen LogP contribution is 2.39. The Morgan fingerprint density at radius 2 is 1.59 bits per heavy atom. The van der Waals surface area contributed by atoms with Crippen LogP contribution in [0.25, 0.3) is 0 Å². The lowest BCUT2D eigenvalue weighted by Gasteiger charge is -2.29. The number of para-hydroxylation sites is 1. The molecule has 1 N–H and O–H groups in total. The lowest BCUT2D eigenvalue weighted by molar-refractivity contribution is -0.130. The van der Waals surface area contributed by atoms with Crippen LogP contribution in [0.4, 0.5) is 0 Å². The molecule has 0 radical (unpaired) electrons. The second-order valence-corrected chi connectivity index (χ2v) is 7.34. The van der Waals surface area contributed by atoms with Gasteiger partial charge in [-0.05, 0) is 47.5 Å². The standard InChI is InChI=1S/C23H22N2O3S/c1-25-21(26)23(24-22(25)29,16-11-13-18(27-2)14-12-16)17-7-6-10-20(15-17)28-19-8-4-3-5-9-19/h3-15,22,24,29H,1-2H3. The summed E-state index contributed by atoms with van der Waals surface area (Å²) in [5.41, 5.74) is 0.111. The van der Waals surface area contributed by atoms with E-state index in [0.717, 1.165) is 22.6 Å². The lowest BCUT2D eigenvalue weighted by atomic mass is 9.82. The molecular weight excluding hydrogens is 384 g/mol. The summed E-state index contributed by atoms with van der Waals surface area (Å²) in [4.78, 5) is 15.0. The molecule has 6 heteroatoms. The average Bonchev–Trinajstić information content (AvgIpc) is 2.99. The molecular formula is C23H22N2O3S. The Kier molecular flexibility index (Phi) is 5.22. The number of benzene rings is 3. The SMILES string of the molecule is COc1ccc(C2(c3cccc(Oc4ccccc4)c3)NC(S)N(C)C2=O)cc1. The molecule has 148 valence electrons. The van der Waals surface area contributed by atoms with Gasteiger partial charge in [-0.2, -0.15) is 0 Å². The average molecular weight is 407 g/mol. The van der Waals surface area contributed by atoms with Gasteiger partial charge in [-0.3, -0.25) is 10.1 Å². The third-order valence-corrected chi connectivity index (χ3v) is 5.60. The van der Waals surface area contributed by atoms with E-state index in [-0.39, 0.29) is 5.91 Å². The number of nitrogens with one attached hydrogen (secondary N) is 1. The van der Waals surface area contributed by atoms with Gasteiger partial charge in [0.25, 0.3) is 5.91 Å². The number of methoxy groups -OCH3 is 1. The maximum atomic E-state index is 13.4. The van der Waals surface area contributed by atoms with Gasteiger partial charge in [-0.15, -0.1) is 12.6 Å². The number of carbonyl (C=O) groups excluding carboxylic acids is 1. The Balaban J connectivity index is 1.80. The fraction of sp³-hybridized carbons (Fsp3) is 0.174. The van der Waals surface area contributed by atoms with Crippen LogP contribution < -0.4 is 14.8 Å². The summed E-state index contributed by atoms with van der Waals surface area (Å²) in [6.45, 7) is 0. The predicted molar refractivity (Wildman–Crippen MR) is 115 cm³/mol. The molecule has 0 saturated carbocycles. The summed E-state index contributed by atoms with van der Waals surface area (Å²) in [5, 5.41) is 3.37. The number of rotatable bonds is 5. The molecule has 1 aliphatic rings. The normalized spacial score (nSPS) is 21.3. The first-order chi connectivity index (χ1) is 14.0. The first kappa shape index (κ1) is 19.4. The number of thiol groups is 1. The summed E-state index contributed by atoms with van der Waals surface area (Å²) >= 11 is 4.54. The summed E-state index contributed by atoms with van der Waals surface area (Å²) in [6, 6.07) is 24.6. The van der Waals surface area contributed by atoms with Crippen LogP contribution in [0.3, 0.4) is 0 Å². The topological polar surface area (TPSA) is 50.8 Å². The molecule has 0 spiro atoms. The van der Waals surface area contributed by atoms with E-state index in [2.05, 4.69) is 17.9 Å². The number of amides is 1. The number of ether oxygens (including phenoxy) is 2. The smallest absolute Gasteiger partial charge is 0.253 e. The van der Waals surface area contributed by atoms with Crippen molar-refractivity contribution in [2.75, 3.05) is 14.2 Å². The summed E-state index contributed by atoms with van der Waals surface area (Å²) in [7, 11) is 3.36. The molecule has 2 atom stereocenters. The summed E-state index contributed by atoms with van der Waals surface area (Å²) in [5.74, 6) is 2.03. The van der Waals surface area contributed by atoms with E-state index in [9.17, 15) is 4.79 Å². The first-order valence-electron chi connectivity index (χ1n) is 9.25. The molecule has 29 heavy (non-hydrogen) atoms. The molecule has 1 amide bonds. The highest BCUT2D eigenvalue weighted by atomic mass is 32.1. The van der Waals surface area contributed by atoms with Gasteiger partial charge in [-0.25, -0.2) is 0 Å². The molecule has 0 aliphatic carbocycles. The van der Waals surface area contributed by atoms with Crippen molar-refractivity contribution in [3.05, 3.63) is 90.0 Å². The Bertz CT molecular complexity index is 1010. The van der Waals surface area contributed by atoms with E-state index in [1.165, 1.54) is 0 Å². The molecule has 3 aromatic carbocycles. The predicted octanol–water partition coefficient (Wildman–Crippen LogP) is 4.01. The first-order valence-corrected chi connectivity index (χ1v) is 9.77. The van der Waals surface area contributed by atoms with Crippen molar-refractivity contribution >= 4 is 18.5 Å². The third kappa shape index (κ3) is 3.45. The largest absolute Gasteiger partial charge is 0.497 e. The molecule has 4 rings (SSSR count). The van der Waals surface area contributed by atoms with Gasteiger partial charge >= 0.3 is 0 Å². The van der Waals surface area contributed by atoms with E-state index < -0.39 is 11.0 Å². The number of hydrogen-bond acceptors (Lipinski definition) is 5.